The van der Waals surface area contributed by atoms with E-state index in [4.69, 9.17) is 14.6 Å². The predicted octanol–water partition coefficient (Wildman–Crippen LogP) is 1.90. The third-order valence-electron chi connectivity index (χ3n) is 2.34. The highest BCUT2D eigenvalue weighted by Gasteiger charge is 2.19. The van der Waals surface area contributed by atoms with E-state index in [0.717, 1.165) is 12.0 Å². The lowest BCUT2D eigenvalue weighted by Crippen LogP contribution is -2.28. The van der Waals surface area contributed by atoms with Gasteiger partial charge in [-0.2, -0.15) is 0 Å². The van der Waals surface area contributed by atoms with Gasteiger partial charge in [-0.1, -0.05) is 19.1 Å². The van der Waals surface area contributed by atoms with Crippen LogP contribution in [-0.4, -0.2) is 30.9 Å². The van der Waals surface area contributed by atoms with E-state index in [1.807, 2.05) is 6.92 Å². The molecule has 0 saturated heterocycles. The van der Waals surface area contributed by atoms with Crippen LogP contribution < -0.4 is 0 Å². The molecular formula is C13H18O4. The number of phenolic OH excluding ortho intramolecular Hbond substituents is 1. The average Bonchev–Trinajstić information content (AvgIpc) is 2.36. The lowest BCUT2D eigenvalue weighted by molar-refractivity contribution is -0.154. The Labute approximate surface area is 101 Å². The molecular weight excluding hydrogens is 220 g/mol. The SMILES string of the molecule is CCCOC(Cc1ccc(O)cc1)C(=O)OC. The minimum Gasteiger partial charge on any atom is -0.508 e. The summed E-state index contributed by atoms with van der Waals surface area (Å²) in [6, 6.07) is 6.70. The van der Waals surface area contributed by atoms with Crippen molar-refractivity contribution in [1.29, 1.82) is 0 Å². The van der Waals surface area contributed by atoms with Crippen LogP contribution in [0.2, 0.25) is 0 Å². The van der Waals surface area contributed by atoms with Gasteiger partial charge in [0.15, 0.2) is 6.10 Å². The van der Waals surface area contributed by atoms with Crippen molar-refractivity contribution in [3.63, 3.8) is 0 Å². The van der Waals surface area contributed by atoms with Crippen LogP contribution in [0.5, 0.6) is 5.75 Å². The normalized spacial score (nSPS) is 12.1. The van der Waals surface area contributed by atoms with Crippen LogP contribution in [0.3, 0.4) is 0 Å². The van der Waals surface area contributed by atoms with Crippen LogP contribution in [0.25, 0.3) is 0 Å². The highest BCUT2D eigenvalue weighted by atomic mass is 16.6. The summed E-state index contributed by atoms with van der Waals surface area (Å²) < 4.78 is 10.1. The topological polar surface area (TPSA) is 55.8 Å². The summed E-state index contributed by atoms with van der Waals surface area (Å²) in [7, 11) is 1.35. The fourth-order valence-electron chi connectivity index (χ4n) is 1.45. The maximum absolute atomic E-state index is 11.5. The Kier molecular flexibility index (Phi) is 5.49. The van der Waals surface area contributed by atoms with Crippen LogP contribution in [-0.2, 0) is 20.7 Å². The quantitative estimate of drug-likeness (QED) is 0.769. The molecule has 1 rings (SSSR count). The zero-order chi connectivity index (χ0) is 12.7. The zero-order valence-electron chi connectivity index (χ0n) is 10.2. The van der Waals surface area contributed by atoms with Gasteiger partial charge in [0.1, 0.15) is 5.75 Å². The van der Waals surface area contributed by atoms with Crippen molar-refractivity contribution in [3.05, 3.63) is 29.8 Å². The molecule has 0 amide bonds. The Morgan fingerprint density at radius 1 is 1.35 bits per heavy atom. The standard InChI is InChI=1S/C13H18O4/c1-3-8-17-12(13(15)16-2)9-10-4-6-11(14)7-5-10/h4-7,12,14H,3,8-9H2,1-2H3. The van der Waals surface area contributed by atoms with Gasteiger partial charge in [0, 0.05) is 13.0 Å². The van der Waals surface area contributed by atoms with Crippen molar-refractivity contribution in [1.82, 2.24) is 0 Å². The second-order valence-electron chi connectivity index (χ2n) is 3.75. The number of esters is 1. The summed E-state index contributed by atoms with van der Waals surface area (Å²) in [6.07, 6.45) is 0.722. The van der Waals surface area contributed by atoms with Gasteiger partial charge < -0.3 is 14.6 Å². The fraction of sp³-hybridized carbons (Fsp3) is 0.462. The predicted molar refractivity (Wildman–Crippen MR) is 63.9 cm³/mol. The Balaban J connectivity index is 2.64. The lowest BCUT2D eigenvalue weighted by atomic mass is 10.1. The second-order valence-corrected chi connectivity index (χ2v) is 3.75. The zero-order valence-corrected chi connectivity index (χ0v) is 10.2. The molecule has 1 aromatic rings. The van der Waals surface area contributed by atoms with Gasteiger partial charge in [-0.15, -0.1) is 0 Å². The van der Waals surface area contributed by atoms with Gasteiger partial charge in [0.25, 0.3) is 0 Å². The van der Waals surface area contributed by atoms with Gasteiger partial charge in [0.05, 0.1) is 7.11 Å². The van der Waals surface area contributed by atoms with Gasteiger partial charge in [0.2, 0.25) is 0 Å². The summed E-state index contributed by atoms with van der Waals surface area (Å²) in [6.45, 7) is 2.51. The highest BCUT2D eigenvalue weighted by Crippen LogP contribution is 2.13. The van der Waals surface area contributed by atoms with Crippen molar-refractivity contribution < 1.29 is 19.4 Å². The molecule has 1 N–H and O–H groups in total. The highest BCUT2D eigenvalue weighted by molar-refractivity contribution is 5.74. The van der Waals surface area contributed by atoms with E-state index in [1.165, 1.54) is 7.11 Å². The monoisotopic (exact) mass is 238 g/mol. The molecule has 0 saturated carbocycles. The first-order chi connectivity index (χ1) is 8.17. The number of aromatic hydroxyl groups is 1. The number of carbonyl (C=O) groups is 1. The molecule has 1 unspecified atom stereocenters. The minimum atomic E-state index is -0.579. The van der Waals surface area contributed by atoms with Crippen molar-refractivity contribution in [2.24, 2.45) is 0 Å². The Bertz CT molecular complexity index is 345. The van der Waals surface area contributed by atoms with Crippen LogP contribution in [0.4, 0.5) is 0 Å². The van der Waals surface area contributed by atoms with Gasteiger partial charge >= 0.3 is 5.97 Å². The first-order valence-electron chi connectivity index (χ1n) is 5.64. The van der Waals surface area contributed by atoms with E-state index in [0.29, 0.717) is 13.0 Å². The number of benzene rings is 1. The Morgan fingerprint density at radius 2 is 2.00 bits per heavy atom. The summed E-state index contributed by atoms with van der Waals surface area (Å²) in [5.74, 6) is -0.163. The average molecular weight is 238 g/mol. The Hall–Kier alpha value is -1.55. The third-order valence-corrected chi connectivity index (χ3v) is 2.34. The number of rotatable bonds is 6. The summed E-state index contributed by atoms with van der Waals surface area (Å²) in [5, 5.41) is 9.16. The fourth-order valence-corrected chi connectivity index (χ4v) is 1.45. The molecule has 0 aliphatic carbocycles. The molecule has 1 aromatic carbocycles. The molecule has 0 aliphatic rings. The second kappa shape index (κ2) is 6.91. The van der Waals surface area contributed by atoms with Gasteiger partial charge in [-0.05, 0) is 24.1 Å². The molecule has 0 bridgehead atoms. The lowest BCUT2D eigenvalue weighted by Gasteiger charge is -2.15. The number of phenols is 1. The summed E-state index contributed by atoms with van der Waals surface area (Å²) >= 11 is 0. The Morgan fingerprint density at radius 3 is 2.53 bits per heavy atom. The molecule has 0 aliphatic heterocycles. The van der Waals surface area contributed by atoms with E-state index in [-0.39, 0.29) is 11.7 Å². The number of hydrogen-bond acceptors (Lipinski definition) is 4. The maximum Gasteiger partial charge on any atom is 0.335 e. The minimum absolute atomic E-state index is 0.206. The molecule has 4 heteroatoms. The number of hydrogen-bond donors (Lipinski definition) is 1. The summed E-state index contributed by atoms with van der Waals surface area (Å²) in [4.78, 5) is 11.5. The van der Waals surface area contributed by atoms with E-state index in [1.54, 1.807) is 24.3 Å². The van der Waals surface area contributed by atoms with Crippen LogP contribution in [0.15, 0.2) is 24.3 Å². The van der Waals surface area contributed by atoms with Crippen LogP contribution in [0.1, 0.15) is 18.9 Å². The molecule has 0 fully saturated rings. The molecule has 0 radical (unpaired) electrons. The van der Waals surface area contributed by atoms with Gasteiger partial charge in [-0.25, -0.2) is 4.79 Å². The van der Waals surface area contributed by atoms with Crippen LogP contribution in [0, 0.1) is 0 Å². The third kappa shape index (κ3) is 4.44. The van der Waals surface area contributed by atoms with Crippen molar-refractivity contribution in [3.8, 4) is 5.75 Å². The van der Waals surface area contributed by atoms with E-state index in [9.17, 15) is 4.79 Å². The molecule has 0 heterocycles. The number of carbonyl (C=O) groups excluding carboxylic acids is 1. The number of methoxy groups -OCH3 is 1. The first kappa shape index (κ1) is 13.5. The first-order valence-corrected chi connectivity index (χ1v) is 5.64. The molecule has 0 spiro atoms. The largest absolute Gasteiger partial charge is 0.508 e. The summed E-state index contributed by atoms with van der Waals surface area (Å²) in [5.41, 5.74) is 0.925. The molecule has 1 atom stereocenters. The molecule has 0 aromatic heterocycles. The molecule has 4 nitrogen and oxygen atoms in total. The molecule has 94 valence electrons. The van der Waals surface area contributed by atoms with Crippen molar-refractivity contribution in [2.45, 2.75) is 25.9 Å². The van der Waals surface area contributed by atoms with E-state index >= 15 is 0 Å². The van der Waals surface area contributed by atoms with E-state index in [2.05, 4.69) is 0 Å². The van der Waals surface area contributed by atoms with Crippen molar-refractivity contribution in [2.75, 3.05) is 13.7 Å². The van der Waals surface area contributed by atoms with Crippen LogP contribution >= 0.6 is 0 Å². The maximum atomic E-state index is 11.5. The number of ether oxygens (including phenoxy) is 2. The van der Waals surface area contributed by atoms with E-state index < -0.39 is 6.10 Å². The van der Waals surface area contributed by atoms with Gasteiger partial charge in [-0.3, -0.25) is 0 Å². The smallest absolute Gasteiger partial charge is 0.335 e. The molecule has 17 heavy (non-hydrogen) atoms. The van der Waals surface area contributed by atoms with Crippen molar-refractivity contribution >= 4 is 5.97 Å².